The molecular formula is C35H38F5NO7. The van der Waals surface area contributed by atoms with Crippen molar-refractivity contribution in [2.45, 2.75) is 72.1 Å². The topological polar surface area (TPSA) is 101 Å². The number of benzene rings is 2. The van der Waals surface area contributed by atoms with Crippen LogP contribution in [-0.4, -0.2) is 36.1 Å². The summed E-state index contributed by atoms with van der Waals surface area (Å²) in [5.41, 5.74) is -0.452. The number of ether oxygens (including phenoxy) is 4. The van der Waals surface area contributed by atoms with E-state index < -0.39 is 58.7 Å². The highest BCUT2D eigenvalue weighted by molar-refractivity contribution is 5.91. The van der Waals surface area contributed by atoms with Gasteiger partial charge in [0.05, 0.1) is 30.3 Å². The van der Waals surface area contributed by atoms with Gasteiger partial charge in [0.15, 0.2) is 17.4 Å². The van der Waals surface area contributed by atoms with E-state index in [0.29, 0.717) is 19.3 Å². The minimum atomic E-state index is -2.12. The number of carbonyl (C=O) groups is 3. The lowest BCUT2D eigenvalue weighted by molar-refractivity contribution is -0.139. The summed E-state index contributed by atoms with van der Waals surface area (Å²) >= 11 is 0. The maximum absolute atomic E-state index is 14.7. The van der Waals surface area contributed by atoms with Crippen LogP contribution in [0.4, 0.5) is 22.0 Å². The van der Waals surface area contributed by atoms with Crippen LogP contribution in [0, 0.1) is 40.9 Å². The summed E-state index contributed by atoms with van der Waals surface area (Å²) in [5, 5.41) is 0. The summed E-state index contributed by atoms with van der Waals surface area (Å²) in [5.74, 6) is -12.6. The molecule has 0 aliphatic heterocycles. The van der Waals surface area contributed by atoms with Crippen LogP contribution in [0.5, 0.6) is 17.4 Å². The Morgan fingerprint density at radius 3 is 2.21 bits per heavy atom. The van der Waals surface area contributed by atoms with Crippen molar-refractivity contribution in [2.24, 2.45) is 11.8 Å². The zero-order valence-corrected chi connectivity index (χ0v) is 27.0. The Labute approximate surface area is 275 Å². The number of hydrogen-bond acceptors (Lipinski definition) is 8. The van der Waals surface area contributed by atoms with Crippen LogP contribution in [0.25, 0.3) is 0 Å². The Hall–Kier alpha value is -4.55. The van der Waals surface area contributed by atoms with E-state index in [1.807, 2.05) is 13.8 Å². The second-order valence-electron chi connectivity index (χ2n) is 11.3. The highest BCUT2D eigenvalue weighted by Gasteiger charge is 2.24. The van der Waals surface area contributed by atoms with E-state index >= 15 is 0 Å². The van der Waals surface area contributed by atoms with Crippen molar-refractivity contribution in [3.8, 4) is 17.4 Å². The van der Waals surface area contributed by atoms with Crippen molar-refractivity contribution in [1.29, 1.82) is 0 Å². The number of hydrogen-bond donors (Lipinski definition) is 0. The molecule has 3 rings (SSSR count). The molecule has 0 saturated carbocycles. The Balaban J connectivity index is 1.54. The number of carbonyl (C=O) groups excluding carboxylic acids is 3. The Kier molecular flexibility index (Phi) is 14.8. The fourth-order valence-corrected chi connectivity index (χ4v) is 4.41. The highest BCUT2D eigenvalue weighted by Crippen LogP contribution is 2.26. The van der Waals surface area contributed by atoms with Crippen molar-refractivity contribution in [1.82, 2.24) is 4.98 Å². The molecule has 260 valence electrons. The quantitative estimate of drug-likeness (QED) is 0.0329. The maximum atomic E-state index is 14.7. The fraction of sp³-hybridized carbons (Fsp3) is 0.429. The van der Waals surface area contributed by atoms with Crippen molar-refractivity contribution in [3.05, 3.63) is 82.8 Å². The van der Waals surface area contributed by atoms with Crippen LogP contribution >= 0.6 is 0 Å². The smallest absolute Gasteiger partial charge is 0.345 e. The number of aromatic nitrogens is 1. The standard InChI is InChI=1S/C35H38F5NO7/c1-4-6-7-8-10-22(33(42)47-24-13-14-25(26(36)17-24)35(44)46-20-21(3)5-2)11-9-16-45-29-15-12-23(19-41-29)34(43)48-28-18-27(37)30(38)32(40)31(28)39/h12-15,17-19,21-22H,4-11,16,20H2,1-3H3. The number of esters is 3. The molecule has 0 bridgehead atoms. The van der Waals surface area contributed by atoms with Gasteiger partial charge in [-0.2, -0.15) is 4.39 Å². The first-order valence-electron chi connectivity index (χ1n) is 15.8. The van der Waals surface area contributed by atoms with Gasteiger partial charge in [-0.3, -0.25) is 4.79 Å². The monoisotopic (exact) mass is 679 g/mol. The molecule has 2 aromatic carbocycles. The summed E-state index contributed by atoms with van der Waals surface area (Å²) in [6.45, 7) is 6.23. The van der Waals surface area contributed by atoms with Crippen LogP contribution in [0.3, 0.4) is 0 Å². The SMILES string of the molecule is CCCCCCC(CCCOc1ccc(C(=O)Oc2cc(F)c(F)c(F)c2F)cn1)C(=O)Oc1ccc(C(=O)OCC(C)CC)c(F)c1. The summed E-state index contributed by atoms with van der Waals surface area (Å²) in [7, 11) is 0. The van der Waals surface area contributed by atoms with E-state index in [1.54, 1.807) is 0 Å². The second-order valence-corrected chi connectivity index (χ2v) is 11.3. The summed E-state index contributed by atoms with van der Waals surface area (Å²) in [4.78, 5) is 41.6. The van der Waals surface area contributed by atoms with Gasteiger partial charge in [-0.25, -0.2) is 32.1 Å². The van der Waals surface area contributed by atoms with Gasteiger partial charge in [-0.1, -0.05) is 52.9 Å². The zero-order valence-electron chi connectivity index (χ0n) is 27.0. The minimum Gasteiger partial charge on any atom is -0.478 e. The third-order valence-electron chi connectivity index (χ3n) is 7.51. The molecule has 0 fully saturated rings. The number of pyridine rings is 1. The van der Waals surface area contributed by atoms with Gasteiger partial charge >= 0.3 is 17.9 Å². The molecule has 0 aliphatic carbocycles. The average Bonchev–Trinajstić information content (AvgIpc) is 3.07. The molecule has 3 aromatic rings. The third-order valence-corrected chi connectivity index (χ3v) is 7.51. The van der Waals surface area contributed by atoms with E-state index in [0.717, 1.165) is 44.4 Å². The normalized spacial score (nSPS) is 12.2. The summed E-state index contributed by atoms with van der Waals surface area (Å²) < 4.78 is 89.4. The van der Waals surface area contributed by atoms with Crippen LogP contribution in [0.15, 0.2) is 42.6 Å². The van der Waals surface area contributed by atoms with Gasteiger partial charge in [0.25, 0.3) is 0 Å². The van der Waals surface area contributed by atoms with E-state index in [9.17, 15) is 36.3 Å². The van der Waals surface area contributed by atoms with Crippen molar-refractivity contribution in [2.75, 3.05) is 13.2 Å². The third kappa shape index (κ3) is 11.0. The van der Waals surface area contributed by atoms with Crippen molar-refractivity contribution in [3.63, 3.8) is 0 Å². The number of unbranched alkanes of at least 4 members (excludes halogenated alkanes) is 3. The first kappa shape index (κ1) is 37.9. The van der Waals surface area contributed by atoms with Gasteiger partial charge < -0.3 is 18.9 Å². The van der Waals surface area contributed by atoms with Gasteiger partial charge in [0, 0.05) is 24.4 Å². The second kappa shape index (κ2) is 18.7. The number of halogens is 5. The molecule has 0 spiro atoms. The molecule has 13 heteroatoms. The maximum Gasteiger partial charge on any atom is 0.345 e. The first-order chi connectivity index (χ1) is 22.9. The van der Waals surface area contributed by atoms with Crippen LogP contribution in [0.1, 0.15) is 92.9 Å². The van der Waals surface area contributed by atoms with Gasteiger partial charge in [-0.05, 0) is 43.4 Å². The summed E-state index contributed by atoms with van der Waals surface area (Å²) in [6, 6.07) is 6.30. The molecule has 0 saturated heterocycles. The summed E-state index contributed by atoms with van der Waals surface area (Å²) in [6.07, 6.45) is 6.90. The number of rotatable bonds is 18. The molecular weight excluding hydrogens is 641 g/mol. The predicted molar refractivity (Wildman–Crippen MR) is 164 cm³/mol. The minimum absolute atomic E-state index is 0.0361. The predicted octanol–water partition coefficient (Wildman–Crippen LogP) is 8.55. The molecule has 2 unspecified atom stereocenters. The lowest BCUT2D eigenvalue weighted by Gasteiger charge is -2.16. The molecule has 0 aliphatic rings. The van der Waals surface area contributed by atoms with E-state index in [1.165, 1.54) is 24.3 Å². The molecule has 0 radical (unpaired) electrons. The van der Waals surface area contributed by atoms with E-state index in [2.05, 4.69) is 16.6 Å². The molecule has 0 amide bonds. The molecule has 8 nitrogen and oxygen atoms in total. The lowest BCUT2D eigenvalue weighted by atomic mass is 9.96. The Bertz CT molecular complexity index is 1550. The zero-order chi connectivity index (χ0) is 35.2. The van der Waals surface area contributed by atoms with Crippen molar-refractivity contribution >= 4 is 17.9 Å². The van der Waals surface area contributed by atoms with E-state index in [-0.39, 0.29) is 48.0 Å². The number of nitrogens with zero attached hydrogens (tertiary/aromatic N) is 1. The molecule has 48 heavy (non-hydrogen) atoms. The van der Waals surface area contributed by atoms with Gasteiger partial charge in [0.1, 0.15) is 11.6 Å². The van der Waals surface area contributed by atoms with Gasteiger partial charge in [-0.15, -0.1) is 0 Å². The largest absolute Gasteiger partial charge is 0.478 e. The van der Waals surface area contributed by atoms with Crippen molar-refractivity contribution < 1.29 is 55.3 Å². The fourth-order valence-electron chi connectivity index (χ4n) is 4.41. The lowest BCUT2D eigenvalue weighted by Crippen LogP contribution is -2.22. The average molecular weight is 680 g/mol. The Morgan fingerprint density at radius 1 is 0.792 bits per heavy atom. The van der Waals surface area contributed by atoms with Crippen LogP contribution in [-0.2, 0) is 9.53 Å². The first-order valence-corrected chi connectivity index (χ1v) is 15.8. The van der Waals surface area contributed by atoms with Crippen LogP contribution in [0.2, 0.25) is 0 Å². The van der Waals surface area contributed by atoms with Gasteiger partial charge in [0.2, 0.25) is 17.5 Å². The molecule has 0 N–H and O–H groups in total. The molecule has 1 heterocycles. The highest BCUT2D eigenvalue weighted by atomic mass is 19.2. The molecule has 2 atom stereocenters. The Morgan fingerprint density at radius 2 is 1.54 bits per heavy atom. The molecule has 1 aromatic heterocycles. The van der Waals surface area contributed by atoms with Crippen LogP contribution < -0.4 is 14.2 Å². The van der Waals surface area contributed by atoms with E-state index in [4.69, 9.17) is 14.2 Å².